The second-order valence-electron chi connectivity index (χ2n) is 5.59. The predicted octanol–water partition coefficient (Wildman–Crippen LogP) is 4.55. The Morgan fingerprint density at radius 1 is 1.10 bits per heavy atom. The predicted molar refractivity (Wildman–Crippen MR) is 89.2 cm³/mol. The number of rotatable bonds is 6. The number of aromatic nitrogens is 2. The largest absolute Gasteiger partial charge is 0.367 e. The van der Waals surface area contributed by atoms with Gasteiger partial charge in [-0.15, -0.1) is 0 Å². The lowest BCUT2D eigenvalue weighted by Crippen LogP contribution is -2.15. The van der Waals surface area contributed by atoms with E-state index in [0.717, 1.165) is 17.9 Å². The summed E-state index contributed by atoms with van der Waals surface area (Å²) in [6.07, 6.45) is 2.83. The van der Waals surface area contributed by atoms with Crippen molar-refractivity contribution in [3.05, 3.63) is 42.1 Å². The SMILES string of the molecule is CCC(C)Nc1ccnc(Nc2ccccc2C(C)C)n1. The molecule has 0 bridgehead atoms. The molecule has 2 aromatic rings. The van der Waals surface area contributed by atoms with Crippen molar-refractivity contribution in [1.82, 2.24) is 9.97 Å². The van der Waals surface area contributed by atoms with Crippen LogP contribution in [0.1, 0.15) is 45.6 Å². The van der Waals surface area contributed by atoms with Crippen LogP contribution in [0.5, 0.6) is 0 Å². The molecule has 0 aliphatic carbocycles. The summed E-state index contributed by atoms with van der Waals surface area (Å²) in [5.74, 6) is 1.93. The molecule has 0 spiro atoms. The Labute approximate surface area is 127 Å². The van der Waals surface area contributed by atoms with E-state index in [9.17, 15) is 0 Å². The fourth-order valence-electron chi connectivity index (χ4n) is 2.09. The fourth-order valence-corrected chi connectivity index (χ4v) is 2.09. The minimum atomic E-state index is 0.399. The highest BCUT2D eigenvalue weighted by atomic mass is 15.1. The molecule has 0 saturated carbocycles. The van der Waals surface area contributed by atoms with Crippen molar-refractivity contribution in [1.29, 1.82) is 0 Å². The lowest BCUT2D eigenvalue weighted by Gasteiger charge is -2.15. The molecule has 0 aliphatic heterocycles. The van der Waals surface area contributed by atoms with E-state index < -0.39 is 0 Å². The van der Waals surface area contributed by atoms with Crippen molar-refractivity contribution >= 4 is 17.5 Å². The zero-order valence-electron chi connectivity index (χ0n) is 13.2. The van der Waals surface area contributed by atoms with E-state index >= 15 is 0 Å². The van der Waals surface area contributed by atoms with Gasteiger partial charge in [0.15, 0.2) is 0 Å². The minimum absolute atomic E-state index is 0.399. The van der Waals surface area contributed by atoms with Crippen LogP contribution in [0, 0.1) is 0 Å². The van der Waals surface area contributed by atoms with E-state index in [-0.39, 0.29) is 0 Å². The first-order chi connectivity index (χ1) is 10.1. The number of nitrogens with one attached hydrogen (secondary N) is 2. The molecule has 1 atom stereocenters. The number of benzene rings is 1. The number of nitrogens with zero attached hydrogens (tertiary/aromatic N) is 2. The molecule has 112 valence electrons. The highest BCUT2D eigenvalue weighted by molar-refractivity contribution is 5.60. The Morgan fingerprint density at radius 3 is 2.57 bits per heavy atom. The molecule has 0 saturated heterocycles. The van der Waals surface area contributed by atoms with Crippen LogP contribution in [0.4, 0.5) is 17.5 Å². The Kier molecular flexibility index (Phi) is 5.14. The second kappa shape index (κ2) is 7.07. The lowest BCUT2D eigenvalue weighted by molar-refractivity contribution is 0.758. The van der Waals surface area contributed by atoms with E-state index in [1.54, 1.807) is 6.20 Å². The monoisotopic (exact) mass is 284 g/mol. The number of hydrogen-bond donors (Lipinski definition) is 2. The summed E-state index contributed by atoms with van der Waals surface area (Å²) >= 11 is 0. The van der Waals surface area contributed by atoms with Gasteiger partial charge in [0.2, 0.25) is 5.95 Å². The maximum Gasteiger partial charge on any atom is 0.229 e. The molecule has 4 nitrogen and oxygen atoms in total. The van der Waals surface area contributed by atoms with Gasteiger partial charge in [-0.25, -0.2) is 4.98 Å². The zero-order valence-corrected chi connectivity index (χ0v) is 13.2. The number of para-hydroxylation sites is 1. The topological polar surface area (TPSA) is 49.8 Å². The van der Waals surface area contributed by atoms with Crippen molar-refractivity contribution in [2.45, 2.75) is 46.1 Å². The molecule has 2 rings (SSSR count). The van der Waals surface area contributed by atoms with Gasteiger partial charge in [0.1, 0.15) is 5.82 Å². The van der Waals surface area contributed by atoms with Crippen LogP contribution in [0.25, 0.3) is 0 Å². The third-order valence-electron chi connectivity index (χ3n) is 3.49. The highest BCUT2D eigenvalue weighted by Crippen LogP contribution is 2.25. The average molecular weight is 284 g/mol. The normalized spacial score (nSPS) is 12.2. The van der Waals surface area contributed by atoms with Gasteiger partial charge in [-0.05, 0) is 37.0 Å². The van der Waals surface area contributed by atoms with E-state index in [1.807, 2.05) is 12.1 Å². The van der Waals surface area contributed by atoms with Crippen LogP contribution in [0.15, 0.2) is 36.5 Å². The van der Waals surface area contributed by atoms with E-state index in [2.05, 4.69) is 66.5 Å². The molecule has 0 fully saturated rings. The Bertz CT molecular complexity index is 581. The molecule has 1 unspecified atom stereocenters. The molecule has 21 heavy (non-hydrogen) atoms. The Hall–Kier alpha value is -2.10. The molecular formula is C17H24N4. The third-order valence-corrected chi connectivity index (χ3v) is 3.49. The second-order valence-corrected chi connectivity index (χ2v) is 5.59. The number of hydrogen-bond acceptors (Lipinski definition) is 4. The molecule has 0 aliphatic rings. The highest BCUT2D eigenvalue weighted by Gasteiger charge is 2.08. The Balaban J connectivity index is 2.18. The maximum atomic E-state index is 4.52. The summed E-state index contributed by atoms with van der Waals surface area (Å²) in [7, 11) is 0. The van der Waals surface area contributed by atoms with Gasteiger partial charge in [0, 0.05) is 17.9 Å². The van der Waals surface area contributed by atoms with E-state index in [0.29, 0.717) is 17.9 Å². The third kappa shape index (κ3) is 4.18. The summed E-state index contributed by atoms with van der Waals surface area (Å²) in [5.41, 5.74) is 2.33. The summed E-state index contributed by atoms with van der Waals surface area (Å²) in [6.45, 7) is 8.66. The summed E-state index contributed by atoms with van der Waals surface area (Å²) < 4.78 is 0. The first-order valence-electron chi connectivity index (χ1n) is 7.55. The molecular weight excluding hydrogens is 260 g/mol. The van der Waals surface area contributed by atoms with E-state index in [1.165, 1.54) is 5.56 Å². The first-order valence-corrected chi connectivity index (χ1v) is 7.55. The van der Waals surface area contributed by atoms with E-state index in [4.69, 9.17) is 0 Å². The van der Waals surface area contributed by atoms with Crippen LogP contribution in [0.2, 0.25) is 0 Å². The molecule has 0 radical (unpaired) electrons. The molecule has 2 N–H and O–H groups in total. The molecule has 1 aromatic heterocycles. The Morgan fingerprint density at radius 2 is 1.86 bits per heavy atom. The first kappa shape index (κ1) is 15.3. The summed E-state index contributed by atoms with van der Waals surface area (Å²) in [6, 6.07) is 10.6. The van der Waals surface area contributed by atoms with Crippen LogP contribution in [-0.2, 0) is 0 Å². The van der Waals surface area contributed by atoms with Crippen LogP contribution >= 0.6 is 0 Å². The fraction of sp³-hybridized carbons (Fsp3) is 0.412. The summed E-state index contributed by atoms with van der Waals surface area (Å²) in [4.78, 5) is 8.83. The standard InChI is InChI=1S/C17H24N4/c1-5-13(4)19-16-10-11-18-17(21-16)20-15-9-7-6-8-14(15)12(2)3/h6-13H,5H2,1-4H3,(H2,18,19,20,21). The van der Waals surface area contributed by atoms with Crippen LogP contribution in [0.3, 0.4) is 0 Å². The molecule has 0 amide bonds. The van der Waals surface area contributed by atoms with Crippen LogP contribution in [-0.4, -0.2) is 16.0 Å². The van der Waals surface area contributed by atoms with Gasteiger partial charge in [-0.2, -0.15) is 4.98 Å². The van der Waals surface area contributed by atoms with Crippen molar-refractivity contribution in [2.24, 2.45) is 0 Å². The van der Waals surface area contributed by atoms with Crippen molar-refractivity contribution in [3.63, 3.8) is 0 Å². The molecule has 4 heteroatoms. The smallest absolute Gasteiger partial charge is 0.229 e. The van der Waals surface area contributed by atoms with Crippen molar-refractivity contribution in [2.75, 3.05) is 10.6 Å². The minimum Gasteiger partial charge on any atom is -0.367 e. The zero-order chi connectivity index (χ0) is 15.2. The van der Waals surface area contributed by atoms with Crippen molar-refractivity contribution in [3.8, 4) is 0 Å². The average Bonchev–Trinajstić information content (AvgIpc) is 2.48. The van der Waals surface area contributed by atoms with Crippen molar-refractivity contribution < 1.29 is 0 Å². The van der Waals surface area contributed by atoms with Gasteiger partial charge < -0.3 is 10.6 Å². The van der Waals surface area contributed by atoms with Crippen LogP contribution < -0.4 is 10.6 Å². The summed E-state index contributed by atoms with van der Waals surface area (Å²) in [5, 5.41) is 6.69. The number of anilines is 3. The molecule has 1 heterocycles. The van der Waals surface area contributed by atoms with Gasteiger partial charge in [-0.1, -0.05) is 39.0 Å². The molecule has 1 aromatic carbocycles. The van der Waals surface area contributed by atoms with Gasteiger partial charge in [-0.3, -0.25) is 0 Å². The quantitative estimate of drug-likeness (QED) is 0.816. The van der Waals surface area contributed by atoms with Gasteiger partial charge >= 0.3 is 0 Å². The lowest BCUT2D eigenvalue weighted by atomic mass is 10.0. The van der Waals surface area contributed by atoms with Gasteiger partial charge in [0.25, 0.3) is 0 Å². The maximum absolute atomic E-state index is 4.52. The van der Waals surface area contributed by atoms with Gasteiger partial charge in [0.05, 0.1) is 0 Å².